The molecule has 1 N–H and O–H groups in total. The molecule has 4 nitrogen and oxygen atoms in total. The summed E-state index contributed by atoms with van der Waals surface area (Å²) in [4.78, 5) is 12.1. The second-order valence-corrected chi connectivity index (χ2v) is 6.24. The van der Waals surface area contributed by atoms with E-state index in [1.165, 1.54) is 0 Å². The second-order valence-electron chi connectivity index (χ2n) is 6.24. The van der Waals surface area contributed by atoms with E-state index in [1.807, 2.05) is 68.4 Å². The van der Waals surface area contributed by atoms with E-state index in [1.54, 1.807) is 0 Å². The molecule has 2 aromatic rings. The van der Waals surface area contributed by atoms with Crippen molar-refractivity contribution in [2.45, 2.75) is 39.9 Å². The summed E-state index contributed by atoms with van der Waals surface area (Å²) in [6, 6.07) is 17.5. The van der Waals surface area contributed by atoms with Crippen LogP contribution in [-0.4, -0.2) is 18.6 Å². The number of esters is 1. The SMILES string of the molecule is CCC(C)Oc1cccc(NCC(C)C(=O)OCc2ccccc2)c1. The zero-order chi connectivity index (χ0) is 18.1. The summed E-state index contributed by atoms with van der Waals surface area (Å²) in [7, 11) is 0. The van der Waals surface area contributed by atoms with Gasteiger partial charge < -0.3 is 14.8 Å². The van der Waals surface area contributed by atoms with Gasteiger partial charge in [0.15, 0.2) is 0 Å². The van der Waals surface area contributed by atoms with E-state index < -0.39 is 0 Å². The van der Waals surface area contributed by atoms with Gasteiger partial charge >= 0.3 is 5.97 Å². The minimum absolute atomic E-state index is 0.183. The lowest BCUT2D eigenvalue weighted by Crippen LogP contribution is -2.22. The summed E-state index contributed by atoms with van der Waals surface area (Å²) in [5, 5.41) is 3.27. The van der Waals surface area contributed by atoms with Gasteiger partial charge in [0.1, 0.15) is 12.4 Å². The first kappa shape index (κ1) is 18.8. The van der Waals surface area contributed by atoms with Crippen molar-refractivity contribution in [1.82, 2.24) is 0 Å². The molecule has 2 atom stereocenters. The van der Waals surface area contributed by atoms with Crippen molar-refractivity contribution < 1.29 is 14.3 Å². The smallest absolute Gasteiger partial charge is 0.310 e. The van der Waals surface area contributed by atoms with Crippen LogP contribution in [0.2, 0.25) is 0 Å². The Morgan fingerprint density at radius 1 is 1.08 bits per heavy atom. The van der Waals surface area contributed by atoms with E-state index in [0.29, 0.717) is 13.2 Å². The molecule has 0 saturated carbocycles. The zero-order valence-corrected chi connectivity index (χ0v) is 15.2. The van der Waals surface area contributed by atoms with Crippen LogP contribution in [0.1, 0.15) is 32.8 Å². The second kappa shape index (κ2) is 9.72. The first-order chi connectivity index (χ1) is 12.1. The van der Waals surface area contributed by atoms with Crippen molar-refractivity contribution in [3.05, 3.63) is 60.2 Å². The molecule has 0 bridgehead atoms. The molecule has 0 amide bonds. The molecule has 2 rings (SSSR count). The molecule has 2 unspecified atom stereocenters. The molecule has 0 heterocycles. The molecule has 0 aliphatic carbocycles. The van der Waals surface area contributed by atoms with E-state index in [2.05, 4.69) is 12.2 Å². The van der Waals surface area contributed by atoms with Crippen LogP contribution >= 0.6 is 0 Å². The van der Waals surface area contributed by atoms with Crippen LogP contribution in [0.3, 0.4) is 0 Å². The van der Waals surface area contributed by atoms with Crippen LogP contribution in [0.15, 0.2) is 54.6 Å². The van der Waals surface area contributed by atoms with Crippen LogP contribution in [0.4, 0.5) is 5.69 Å². The van der Waals surface area contributed by atoms with Crippen molar-refractivity contribution >= 4 is 11.7 Å². The third-order valence-corrected chi connectivity index (χ3v) is 3.98. The molecule has 134 valence electrons. The lowest BCUT2D eigenvalue weighted by molar-refractivity contribution is -0.148. The topological polar surface area (TPSA) is 47.6 Å². The highest BCUT2D eigenvalue weighted by atomic mass is 16.5. The third-order valence-electron chi connectivity index (χ3n) is 3.98. The summed E-state index contributed by atoms with van der Waals surface area (Å²) in [6.45, 7) is 6.82. The van der Waals surface area contributed by atoms with Crippen molar-refractivity contribution in [2.24, 2.45) is 5.92 Å². The third kappa shape index (κ3) is 6.49. The van der Waals surface area contributed by atoms with E-state index in [0.717, 1.165) is 23.4 Å². The summed E-state index contributed by atoms with van der Waals surface area (Å²) in [5.74, 6) is 0.393. The molecule has 0 aliphatic heterocycles. The van der Waals surface area contributed by atoms with E-state index in [4.69, 9.17) is 9.47 Å². The first-order valence-electron chi connectivity index (χ1n) is 8.79. The highest BCUT2D eigenvalue weighted by Crippen LogP contribution is 2.19. The minimum Gasteiger partial charge on any atom is -0.491 e. The van der Waals surface area contributed by atoms with Gasteiger partial charge in [0.05, 0.1) is 12.0 Å². The van der Waals surface area contributed by atoms with E-state index in [9.17, 15) is 4.79 Å². The normalized spacial score (nSPS) is 12.9. The average molecular weight is 341 g/mol. The Labute approximate surface area is 150 Å². The molecule has 0 aromatic heterocycles. The maximum absolute atomic E-state index is 12.1. The van der Waals surface area contributed by atoms with Crippen molar-refractivity contribution in [2.75, 3.05) is 11.9 Å². The van der Waals surface area contributed by atoms with Gasteiger partial charge in [-0.25, -0.2) is 0 Å². The number of benzene rings is 2. The van der Waals surface area contributed by atoms with E-state index >= 15 is 0 Å². The fourth-order valence-electron chi connectivity index (χ4n) is 2.22. The number of carbonyl (C=O) groups is 1. The number of hydrogen-bond acceptors (Lipinski definition) is 4. The molecule has 0 fully saturated rings. The number of ether oxygens (including phenoxy) is 2. The fourth-order valence-corrected chi connectivity index (χ4v) is 2.22. The predicted octanol–water partition coefficient (Wildman–Crippen LogP) is 4.66. The Hall–Kier alpha value is -2.49. The largest absolute Gasteiger partial charge is 0.491 e. The van der Waals surface area contributed by atoms with Crippen LogP contribution in [-0.2, 0) is 16.1 Å². The Morgan fingerprint density at radius 2 is 1.84 bits per heavy atom. The Bertz CT molecular complexity index is 657. The van der Waals surface area contributed by atoms with Crippen molar-refractivity contribution in [3.63, 3.8) is 0 Å². The summed E-state index contributed by atoms with van der Waals surface area (Å²) >= 11 is 0. The zero-order valence-electron chi connectivity index (χ0n) is 15.2. The predicted molar refractivity (Wildman–Crippen MR) is 101 cm³/mol. The number of rotatable bonds is 9. The molecule has 0 aliphatic rings. The highest BCUT2D eigenvalue weighted by molar-refractivity contribution is 5.72. The van der Waals surface area contributed by atoms with Gasteiger partial charge in [0.25, 0.3) is 0 Å². The Morgan fingerprint density at radius 3 is 2.56 bits per heavy atom. The Balaban J connectivity index is 1.79. The van der Waals surface area contributed by atoms with Crippen LogP contribution < -0.4 is 10.1 Å². The lowest BCUT2D eigenvalue weighted by atomic mass is 10.1. The summed E-state index contributed by atoms with van der Waals surface area (Å²) in [5.41, 5.74) is 1.93. The molecular formula is C21H27NO3. The van der Waals surface area contributed by atoms with Gasteiger partial charge in [-0.15, -0.1) is 0 Å². The fraction of sp³-hybridized carbons (Fsp3) is 0.381. The molecule has 0 radical (unpaired) electrons. The number of hydrogen-bond donors (Lipinski definition) is 1. The Kier molecular flexibility index (Phi) is 7.33. The molecule has 0 spiro atoms. The van der Waals surface area contributed by atoms with Crippen molar-refractivity contribution in [1.29, 1.82) is 0 Å². The van der Waals surface area contributed by atoms with Gasteiger partial charge in [0, 0.05) is 18.3 Å². The van der Waals surface area contributed by atoms with Gasteiger partial charge in [-0.1, -0.05) is 50.2 Å². The quantitative estimate of drug-likeness (QED) is 0.674. The lowest BCUT2D eigenvalue weighted by Gasteiger charge is -2.16. The monoisotopic (exact) mass is 341 g/mol. The summed E-state index contributed by atoms with van der Waals surface area (Å²) in [6.07, 6.45) is 1.14. The van der Waals surface area contributed by atoms with Gasteiger partial charge in [0.2, 0.25) is 0 Å². The number of nitrogens with one attached hydrogen (secondary N) is 1. The van der Waals surface area contributed by atoms with E-state index in [-0.39, 0.29) is 18.0 Å². The summed E-state index contributed by atoms with van der Waals surface area (Å²) < 4.78 is 11.2. The maximum atomic E-state index is 12.1. The van der Waals surface area contributed by atoms with Crippen LogP contribution in [0.25, 0.3) is 0 Å². The maximum Gasteiger partial charge on any atom is 0.310 e. The molecule has 25 heavy (non-hydrogen) atoms. The van der Waals surface area contributed by atoms with Crippen LogP contribution in [0.5, 0.6) is 5.75 Å². The van der Waals surface area contributed by atoms with Gasteiger partial charge in [-0.2, -0.15) is 0 Å². The molecular weight excluding hydrogens is 314 g/mol. The van der Waals surface area contributed by atoms with Crippen LogP contribution in [0, 0.1) is 5.92 Å². The highest BCUT2D eigenvalue weighted by Gasteiger charge is 2.14. The first-order valence-corrected chi connectivity index (χ1v) is 8.79. The average Bonchev–Trinajstić information content (AvgIpc) is 2.65. The minimum atomic E-state index is -0.233. The molecule has 2 aromatic carbocycles. The van der Waals surface area contributed by atoms with Gasteiger partial charge in [-0.05, 0) is 31.0 Å². The molecule has 4 heteroatoms. The molecule has 0 saturated heterocycles. The van der Waals surface area contributed by atoms with Gasteiger partial charge in [-0.3, -0.25) is 4.79 Å². The number of carbonyl (C=O) groups excluding carboxylic acids is 1. The number of anilines is 1. The van der Waals surface area contributed by atoms with Crippen molar-refractivity contribution in [3.8, 4) is 5.75 Å². The standard InChI is InChI=1S/C21H27NO3/c1-4-17(3)25-20-12-8-11-19(13-20)22-14-16(2)21(23)24-15-18-9-6-5-7-10-18/h5-13,16-17,22H,4,14-15H2,1-3H3.